The normalized spacial score (nSPS) is 23.6. The van der Waals surface area contributed by atoms with Gasteiger partial charge in [0.25, 0.3) is 0 Å². The van der Waals surface area contributed by atoms with E-state index in [-0.39, 0.29) is 17.2 Å². The number of hydrogen-bond donors (Lipinski definition) is 1. The van der Waals surface area contributed by atoms with E-state index in [4.69, 9.17) is 10.5 Å². The average Bonchev–Trinajstić information content (AvgIpc) is 2.73. The molecule has 1 aliphatic carbocycles. The number of nitrogens with zero attached hydrogens (tertiary/aromatic N) is 4. The molecule has 142 valence electrons. The highest BCUT2D eigenvalue weighted by Gasteiger charge is 2.54. The molecule has 3 rings (SSSR count). The van der Waals surface area contributed by atoms with Gasteiger partial charge in [-0.15, -0.1) is 0 Å². The molecule has 0 fully saturated rings. The quantitative estimate of drug-likeness (QED) is 0.869. The third kappa shape index (κ3) is 2.91. The Kier molecular flexibility index (Phi) is 5.41. The lowest BCUT2D eigenvalue weighted by atomic mass is 9.58. The van der Waals surface area contributed by atoms with Crippen molar-refractivity contribution in [1.82, 2.24) is 4.90 Å². The Morgan fingerprint density at radius 2 is 1.89 bits per heavy atom. The monoisotopic (exact) mass is 373 g/mol. The van der Waals surface area contributed by atoms with E-state index in [9.17, 15) is 15.8 Å². The van der Waals surface area contributed by atoms with Gasteiger partial charge in [0.05, 0.1) is 30.5 Å². The first kappa shape index (κ1) is 19.5. The summed E-state index contributed by atoms with van der Waals surface area (Å²) in [6.45, 7) is 4.46. The summed E-state index contributed by atoms with van der Waals surface area (Å²) in [4.78, 5) is 2.29. The Hall–Kier alpha value is -3.27. The summed E-state index contributed by atoms with van der Waals surface area (Å²) in [5, 5.41) is 29.9. The summed E-state index contributed by atoms with van der Waals surface area (Å²) in [5.74, 6) is 0.0821. The number of rotatable bonds is 4. The molecule has 2 aliphatic rings. The Morgan fingerprint density at radius 1 is 1.21 bits per heavy atom. The number of benzene rings is 1. The Labute approximate surface area is 165 Å². The molecule has 0 unspecified atom stereocenters. The van der Waals surface area contributed by atoms with E-state index in [2.05, 4.69) is 30.0 Å². The molecule has 2 atom stereocenters. The largest absolute Gasteiger partial charge is 0.497 e. The fourth-order valence-corrected chi connectivity index (χ4v) is 4.43. The van der Waals surface area contributed by atoms with Gasteiger partial charge in [-0.2, -0.15) is 15.8 Å². The van der Waals surface area contributed by atoms with Crippen LogP contribution in [0.25, 0.3) is 0 Å². The standard InChI is InChI=1S/C22H23N5O/c1-3-9-27-10-8-17-18(11-23)21(26)22(13-24,14-25)20(19(17)12-27)15-4-6-16(28-2)7-5-15/h4-8,19-20H,3,9-10,12,26H2,1-2H3/t19-,20-/m0/s1. The fourth-order valence-electron chi connectivity index (χ4n) is 4.43. The minimum Gasteiger partial charge on any atom is -0.497 e. The molecule has 6 heteroatoms. The molecule has 0 saturated heterocycles. The van der Waals surface area contributed by atoms with Crippen molar-refractivity contribution >= 4 is 0 Å². The summed E-state index contributed by atoms with van der Waals surface area (Å²) in [7, 11) is 1.59. The summed E-state index contributed by atoms with van der Waals surface area (Å²) in [6.07, 6.45) is 3.04. The van der Waals surface area contributed by atoms with Crippen LogP contribution in [-0.2, 0) is 0 Å². The summed E-state index contributed by atoms with van der Waals surface area (Å²) in [6, 6.07) is 13.9. The van der Waals surface area contributed by atoms with Crippen molar-refractivity contribution in [2.24, 2.45) is 17.1 Å². The highest BCUT2D eigenvalue weighted by Crippen LogP contribution is 2.54. The molecule has 0 radical (unpaired) electrons. The highest BCUT2D eigenvalue weighted by atomic mass is 16.5. The smallest absolute Gasteiger partial charge is 0.191 e. The molecular weight excluding hydrogens is 350 g/mol. The van der Waals surface area contributed by atoms with Crippen LogP contribution in [0.1, 0.15) is 24.8 Å². The minimum absolute atomic E-state index is 0.0623. The highest BCUT2D eigenvalue weighted by molar-refractivity contribution is 5.59. The molecular formula is C22H23N5O. The maximum absolute atomic E-state index is 10.1. The number of nitriles is 3. The van der Waals surface area contributed by atoms with E-state index in [1.54, 1.807) is 7.11 Å². The van der Waals surface area contributed by atoms with Crippen LogP contribution < -0.4 is 10.5 Å². The molecule has 0 amide bonds. The van der Waals surface area contributed by atoms with E-state index in [1.807, 2.05) is 30.3 Å². The predicted molar refractivity (Wildman–Crippen MR) is 105 cm³/mol. The van der Waals surface area contributed by atoms with Crippen molar-refractivity contribution in [2.45, 2.75) is 19.3 Å². The number of fused-ring (bicyclic) bond motifs is 1. The van der Waals surface area contributed by atoms with Gasteiger partial charge in [0.15, 0.2) is 5.41 Å². The van der Waals surface area contributed by atoms with Crippen LogP contribution in [0.5, 0.6) is 5.75 Å². The number of methoxy groups -OCH3 is 1. The van der Waals surface area contributed by atoms with E-state index < -0.39 is 11.3 Å². The van der Waals surface area contributed by atoms with Gasteiger partial charge in [0.1, 0.15) is 11.8 Å². The molecule has 0 spiro atoms. The van der Waals surface area contributed by atoms with Crippen LogP contribution in [0.15, 0.2) is 47.2 Å². The van der Waals surface area contributed by atoms with Gasteiger partial charge >= 0.3 is 0 Å². The minimum atomic E-state index is -1.59. The van der Waals surface area contributed by atoms with Gasteiger partial charge in [-0.1, -0.05) is 25.1 Å². The molecule has 28 heavy (non-hydrogen) atoms. The first-order valence-electron chi connectivity index (χ1n) is 9.35. The number of ether oxygens (including phenoxy) is 1. The van der Waals surface area contributed by atoms with Crippen LogP contribution in [0.3, 0.4) is 0 Å². The molecule has 1 aromatic rings. The average molecular weight is 373 g/mol. The lowest BCUT2D eigenvalue weighted by Gasteiger charge is -2.45. The first-order chi connectivity index (χ1) is 13.6. The molecule has 6 nitrogen and oxygen atoms in total. The van der Waals surface area contributed by atoms with Crippen molar-refractivity contribution in [3.05, 3.63) is 52.7 Å². The number of allylic oxidation sites excluding steroid dienone is 2. The Bertz CT molecular complexity index is 925. The maximum Gasteiger partial charge on any atom is 0.191 e. The summed E-state index contributed by atoms with van der Waals surface area (Å²) in [5.41, 5.74) is 6.77. The Morgan fingerprint density at radius 3 is 2.43 bits per heavy atom. The molecule has 0 bridgehead atoms. The van der Waals surface area contributed by atoms with E-state index >= 15 is 0 Å². The SMILES string of the molecule is CCCN1CC=C2C(C#N)=C(N)C(C#N)(C#N)[C@@H](c3ccc(OC)cc3)[C@H]2C1. The molecule has 1 aromatic carbocycles. The predicted octanol–water partition coefficient (Wildman–Crippen LogP) is 2.83. The van der Waals surface area contributed by atoms with Crippen LogP contribution in [-0.4, -0.2) is 31.6 Å². The molecule has 1 aliphatic heterocycles. The van der Waals surface area contributed by atoms with Crippen molar-refractivity contribution in [2.75, 3.05) is 26.7 Å². The fraction of sp³-hybridized carbons (Fsp3) is 0.409. The van der Waals surface area contributed by atoms with Crippen LogP contribution in [0.4, 0.5) is 0 Å². The second-order valence-electron chi connectivity index (χ2n) is 7.21. The van der Waals surface area contributed by atoms with Gasteiger partial charge in [-0.25, -0.2) is 0 Å². The van der Waals surface area contributed by atoms with Gasteiger partial charge in [0, 0.05) is 24.9 Å². The lowest BCUT2D eigenvalue weighted by molar-refractivity contribution is 0.207. The summed E-state index contributed by atoms with van der Waals surface area (Å²) >= 11 is 0. The lowest BCUT2D eigenvalue weighted by Crippen LogP contribution is -2.48. The van der Waals surface area contributed by atoms with Crippen LogP contribution in [0, 0.1) is 45.3 Å². The Balaban J connectivity index is 2.23. The second kappa shape index (κ2) is 7.77. The zero-order valence-corrected chi connectivity index (χ0v) is 16.1. The van der Waals surface area contributed by atoms with Gasteiger partial charge < -0.3 is 10.5 Å². The number of hydrogen-bond acceptors (Lipinski definition) is 6. The van der Waals surface area contributed by atoms with Crippen LogP contribution in [0.2, 0.25) is 0 Å². The van der Waals surface area contributed by atoms with E-state index in [0.717, 1.165) is 30.6 Å². The van der Waals surface area contributed by atoms with Crippen molar-refractivity contribution in [3.8, 4) is 24.0 Å². The second-order valence-corrected chi connectivity index (χ2v) is 7.21. The molecule has 0 saturated carbocycles. The molecule has 2 N–H and O–H groups in total. The molecule has 0 aromatic heterocycles. The zero-order valence-electron chi connectivity index (χ0n) is 16.1. The molecule has 1 heterocycles. The van der Waals surface area contributed by atoms with Gasteiger partial charge in [-0.3, -0.25) is 4.90 Å². The van der Waals surface area contributed by atoms with Crippen LogP contribution >= 0.6 is 0 Å². The zero-order chi connectivity index (χ0) is 20.3. The van der Waals surface area contributed by atoms with Crippen molar-refractivity contribution < 1.29 is 4.74 Å². The van der Waals surface area contributed by atoms with E-state index in [1.165, 1.54) is 0 Å². The number of nitrogens with two attached hydrogens (primary N) is 1. The first-order valence-corrected chi connectivity index (χ1v) is 9.35. The van der Waals surface area contributed by atoms with Crippen molar-refractivity contribution in [3.63, 3.8) is 0 Å². The van der Waals surface area contributed by atoms with Gasteiger partial charge in [0.2, 0.25) is 0 Å². The summed E-state index contributed by atoms with van der Waals surface area (Å²) < 4.78 is 5.25. The topological polar surface area (TPSA) is 110 Å². The maximum atomic E-state index is 10.1. The van der Waals surface area contributed by atoms with E-state index in [0.29, 0.717) is 12.3 Å². The third-order valence-corrected chi connectivity index (χ3v) is 5.75. The van der Waals surface area contributed by atoms with Crippen molar-refractivity contribution in [1.29, 1.82) is 15.8 Å². The third-order valence-electron chi connectivity index (χ3n) is 5.75. The van der Waals surface area contributed by atoms with Gasteiger partial charge in [-0.05, 0) is 36.2 Å².